The minimum atomic E-state index is -0.566. The first kappa shape index (κ1) is 15.9. The average molecular weight is 330 g/mol. The molecule has 2 amide bonds. The van der Waals surface area contributed by atoms with Crippen LogP contribution in [0.2, 0.25) is 0 Å². The number of aryl methyl sites for hydroxylation is 1. The molecule has 0 saturated heterocycles. The van der Waals surface area contributed by atoms with Crippen molar-refractivity contribution in [2.75, 3.05) is 19.0 Å². The molecule has 24 heavy (non-hydrogen) atoms. The van der Waals surface area contributed by atoms with Gasteiger partial charge in [-0.05, 0) is 24.6 Å². The van der Waals surface area contributed by atoms with Crippen LogP contribution in [0.15, 0.2) is 18.2 Å². The lowest BCUT2D eigenvalue weighted by molar-refractivity contribution is -0.120. The second-order valence-corrected chi connectivity index (χ2v) is 5.58. The number of methoxy groups -OCH3 is 1. The van der Waals surface area contributed by atoms with Crippen LogP contribution in [-0.2, 0) is 9.59 Å². The van der Waals surface area contributed by atoms with E-state index >= 15 is 0 Å². The zero-order chi connectivity index (χ0) is 17.3. The van der Waals surface area contributed by atoms with E-state index in [4.69, 9.17) is 15.2 Å². The zero-order valence-corrected chi connectivity index (χ0v) is 13.4. The number of aromatic amines is 1. The first-order chi connectivity index (χ1) is 11.5. The molecule has 0 spiro atoms. The minimum absolute atomic E-state index is 0.0907. The van der Waals surface area contributed by atoms with E-state index in [9.17, 15) is 9.59 Å². The maximum Gasteiger partial charge on any atom is 0.255 e. The lowest BCUT2D eigenvalue weighted by Crippen LogP contribution is -2.23. The molecular formula is C16H18N4O4. The molecule has 2 heterocycles. The number of benzene rings is 1. The molecule has 0 bridgehead atoms. The van der Waals surface area contributed by atoms with E-state index in [-0.39, 0.29) is 18.4 Å². The molecule has 1 aliphatic rings. The number of rotatable bonds is 5. The van der Waals surface area contributed by atoms with Crippen molar-refractivity contribution >= 4 is 17.6 Å². The van der Waals surface area contributed by atoms with Gasteiger partial charge in [0.1, 0.15) is 0 Å². The molecule has 1 aliphatic heterocycles. The largest absolute Gasteiger partial charge is 0.493 e. The molecule has 2 aromatic rings. The number of hydrogen-bond acceptors (Lipinski definition) is 5. The van der Waals surface area contributed by atoms with Crippen LogP contribution in [0.3, 0.4) is 0 Å². The number of nitrogens with zero attached hydrogens (tertiary/aromatic N) is 1. The van der Waals surface area contributed by atoms with Gasteiger partial charge in [-0.2, -0.15) is 5.10 Å². The number of amides is 2. The number of nitrogens with one attached hydrogen (secondary N) is 2. The number of anilines is 1. The molecule has 8 heteroatoms. The van der Waals surface area contributed by atoms with Gasteiger partial charge in [-0.25, -0.2) is 0 Å². The summed E-state index contributed by atoms with van der Waals surface area (Å²) < 4.78 is 10.7. The SMILES string of the molecule is COc1cc([C@H]2CC(=O)Nc3n[nH]c(C)c32)ccc1OCC(N)=O. The van der Waals surface area contributed by atoms with Crippen LogP contribution < -0.4 is 20.5 Å². The van der Waals surface area contributed by atoms with E-state index in [1.54, 1.807) is 12.1 Å². The first-order valence-corrected chi connectivity index (χ1v) is 7.43. The Morgan fingerprint density at radius 1 is 1.42 bits per heavy atom. The highest BCUT2D eigenvalue weighted by Crippen LogP contribution is 2.40. The second kappa shape index (κ2) is 6.23. The van der Waals surface area contributed by atoms with Crippen molar-refractivity contribution < 1.29 is 19.1 Å². The molecule has 1 aromatic carbocycles. The number of aromatic nitrogens is 2. The van der Waals surface area contributed by atoms with Crippen molar-refractivity contribution in [2.24, 2.45) is 5.73 Å². The monoisotopic (exact) mass is 330 g/mol. The van der Waals surface area contributed by atoms with Gasteiger partial charge >= 0.3 is 0 Å². The summed E-state index contributed by atoms with van der Waals surface area (Å²) in [5.41, 5.74) is 7.86. The topological polar surface area (TPSA) is 119 Å². The van der Waals surface area contributed by atoms with Crippen molar-refractivity contribution in [3.63, 3.8) is 0 Å². The Morgan fingerprint density at radius 2 is 2.21 bits per heavy atom. The van der Waals surface area contributed by atoms with Crippen molar-refractivity contribution in [1.82, 2.24) is 10.2 Å². The van der Waals surface area contributed by atoms with E-state index in [0.29, 0.717) is 23.7 Å². The molecule has 0 radical (unpaired) electrons. The van der Waals surface area contributed by atoms with Crippen molar-refractivity contribution in [2.45, 2.75) is 19.3 Å². The van der Waals surface area contributed by atoms with Gasteiger partial charge in [0.05, 0.1) is 7.11 Å². The van der Waals surface area contributed by atoms with E-state index in [1.165, 1.54) is 7.11 Å². The summed E-state index contributed by atoms with van der Waals surface area (Å²) in [6, 6.07) is 5.35. The van der Waals surface area contributed by atoms with Gasteiger partial charge in [0.15, 0.2) is 23.9 Å². The van der Waals surface area contributed by atoms with Gasteiger partial charge in [0.25, 0.3) is 5.91 Å². The smallest absolute Gasteiger partial charge is 0.255 e. The van der Waals surface area contributed by atoms with Gasteiger partial charge in [0.2, 0.25) is 5.91 Å². The molecule has 0 saturated carbocycles. The fourth-order valence-corrected chi connectivity index (χ4v) is 2.88. The van der Waals surface area contributed by atoms with Crippen molar-refractivity contribution in [1.29, 1.82) is 0 Å². The van der Waals surface area contributed by atoms with E-state index in [1.807, 2.05) is 13.0 Å². The van der Waals surface area contributed by atoms with Gasteiger partial charge in [-0.15, -0.1) is 0 Å². The molecule has 0 fully saturated rings. The Labute approximate surface area is 138 Å². The third-order valence-corrected chi connectivity index (χ3v) is 3.95. The second-order valence-electron chi connectivity index (χ2n) is 5.58. The quantitative estimate of drug-likeness (QED) is 0.757. The molecule has 0 unspecified atom stereocenters. The Balaban J connectivity index is 1.96. The maximum absolute atomic E-state index is 11.9. The third kappa shape index (κ3) is 2.90. The predicted molar refractivity (Wildman–Crippen MR) is 86.1 cm³/mol. The normalized spacial score (nSPS) is 16.2. The molecule has 3 rings (SSSR count). The van der Waals surface area contributed by atoms with Crippen molar-refractivity contribution in [3.05, 3.63) is 35.0 Å². The molecule has 1 atom stereocenters. The molecule has 1 aromatic heterocycles. The van der Waals surface area contributed by atoms with E-state index in [2.05, 4.69) is 15.5 Å². The summed E-state index contributed by atoms with van der Waals surface area (Å²) in [6.07, 6.45) is 0.317. The Kier molecular flexibility index (Phi) is 4.11. The van der Waals surface area contributed by atoms with Crippen LogP contribution in [0, 0.1) is 6.92 Å². The Bertz CT molecular complexity index is 799. The Hall–Kier alpha value is -3.03. The lowest BCUT2D eigenvalue weighted by Gasteiger charge is -2.23. The highest BCUT2D eigenvalue weighted by atomic mass is 16.5. The third-order valence-electron chi connectivity index (χ3n) is 3.95. The standard InChI is InChI=1S/C16H18N4O4/c1-8-15-10(6-14(22)18-16(15)20-19-8)9-3-4-11(12(5-9)23-2)24-7-13(17)21/h3-5,10H,6-7H2,1-2H3,(H2,17,21)(H2,18,19,20,22)/t10-/m1/s1. The number of nitrogens with two attached hydrogens (primary N) is 1. The van der Waals surface area contributed by atoms with Crippen LogP contribution in [0.1, 0.15) is 29.2 Å². The van der Waals surface area contributed by atoms with Gasteiger partial charge in [0, 0.05) is 23.6 Å². The van der Waals surface area contributed by atoms with E-state index < -0.39 is 5.91 Å². The number of hydrogen-bond donors (Lipinski definition) is 3. The molecule has 8 nitrogen and oxygen atoms in total. The summed E-state index contributed by atoms with van der Waals surface area (Å²) in [5.74, 6) is 0.663. The molecule has 126 valence electrons. The van der Waals surface area contributed by atoms with E-state index in [0.717, 1.165) is 16.8 Å². The number of ether oxygens (including phenoxy) is 2. The number of carbonyl (C=O) groups excluding carboxylic acids is 2. The number of fused-ring (bicyclic) bond motifs is 1. The number of primary amides is 1. The van der Waals surface area contributed by atoms with Crippen LogP contribution in [0.5, 0.6) is 11.5 Å². The number of carbonyl (C=O) groups is 2. The lowest BCUT2D eigenvalue weighted by atomic mass is 9.85. The highest BCUT2D eigenvalue weighted by Gasteiger charge is 2.30. The summed E-state index contributed by atoms with van der Waals surface area (Å²) >= 11 is 0. The van der Waals surface area contributed by atoms with Crippen LogP contribution in [0.4, 0.5) is 5.82 Å². The fraction of sp³-hybridized carbons (Fsp3) is 0.312. The van der Waals surface area contributed by atoms with Crippen LogP contribution >= 0.6 is 0 Å². The Morgan fingerprint density at radius 3 is 2.92 bits per heavy atom. The summed E-state index contributed by atoms with van der Waals surface area (Å²) in [6.45, 7) is 1.68. The first-order valence-electron chi connectivity index (χ1n) is 7.43. The van der Waals surface area contributed by atoms with Crippen LogP contribution in [0.25, 0.3) is 0 Å². The van der Waals surface area contributed by atoms with Gasteiger partial charge in [-0.3, -0.25) is 14.7 Å². The molecular weight excluding hydrogens is 312 g/mol. The minimum Gasteiger partial charge on any atom is -0.493 e. The van der Waals surface area contributed by atoms with Gasteiger partial charge in [-0.1, -0.05) is 6.07 Å². The van der Waals surface area contributed by atoms with Crippen molar-refractivity contribution in [3.8, 4) is 11.5 Å². The molecule has 4 N–H and O–H groups in total. The fourth-order valence-electron chi connectivity index (χ4n) is 2.88. The summed E-state index contributed by atoms with van der Waals surface area (Å²) in [5, 5.41) is 9.79. The summed E-state index contributed by atoms with van der Waals surface area (Å²) in [4.78, 5) is 22.8. The maximum atomic E-state index is 11.9. The molecule has 0 aliphatic carbocycles. The highest BCUT2D eigenvalue weighted by molar-refractivity contribution is 5.94. The van der Waals surface area contributed by atoms with Gasteiger partial charge < -0.3 is 20.5 Å². The number of H-pyrrole nitrogens is 1. The summed E-state index contributed by atoms with van der Waals surface area (Å²) in [7, 11) is 1.51. The zero-order valence-electron chi connectivity index (χ0n) is 13.4. The average Bonchev–Trinajstić information content (AvgIpc) is 2.92. The van der Waals surface area contributed by atoms with Crippen LogP contribution in [-0.4, -0.2) is 35.7 Å². The predicted octanol–water partition coefficient (Wildman–Crippen LogP) is 1.06.